The predicted octanol–water partition coefficient (Wildman–Crippen LogP) is 17.1. The van der Waals surface area contributed by atoms with Crippen molar-refractivity contribution < 1.29 is 0 Å². The van der Waals surface area contributed by atoms with E-state index in [0.29, 0.717) is 21.7 Å². The lowest BCUT2D eigenvalue weighted by atomic mass is 9.50. The highest BCUT2D eigenvalue weighted by Gasteiger charge is 2.51. The highest BCUT2D eigenvalue weighted by atomic mass is 14.7. The van der Waals surface area contributed by atoms with E-state index in [4.69, 9.17) is 4.98 Å². The summed E-state index contributed by atoms with van der Waals surface area (Å²) < 4.78 is 0. The van der Waals surface area contributed by atoms with Crippen molar-refractivity contribution >= 4 is 0 Å². The Morgan fingerprint density at radius 1 is 0.288 bits per heavy atom. The minimum Gasteiger partial charge on any atom is -0.256 e. The number of aryl methyl sites for hydroxylation is 2. The van der Waals surface area contributed by atoms with Crippen LogP contribution in [0.5, 0.6) is 0 Å². The molecule has 0 spiro atoms. The molecule has 7 aromatic carbocycles. The predicted molar refractivity (Wildman–Crippen MR) is 276 cm³/mol. The molecule has 0 saturated heterocycles. The maximum atomic E-state index is 4.79. The van der Waals surface area contributed by atoms with E-state index < -0.39 is 0 Å². The van der Waals surface area contributed by atoms with Crippen LogP contribution in [0.15, 0.2) is 188 Å². The number of benzene rings is 7. The van der Waals surface area contributed by atoms with E-state index in [0.717, 1.165) is 11.3 Å². The van der Waals surface area contributed by atoms with E-state index in [1.54, 1.807) is 16.7 Å². The third-order valence-corrected chi connectivity index (χ3v) is 17.9. The lowest BCUT2D eigenvalue weighted by Crippen LogP contribution is -2.46. The summed E-state index contributed by atoms with van der Waals surface area (Å²) in [5, 5.41) is 0. The number of aromatic nitrogens is 1. The van der Waals surface area contributed by atoms with Crippen LogP contribution < -0.4 is 0 Å². The molecule has 0 N–H and O–H groups in total. The standard InChI is InChI=1S/C65H61N/c1-46-43-52(19-28-59(46)49-15-24-57(25-16-49)64-34-31-62(32-35-64,33-36-64)55-11-7-4-8-12-55)53-20-29-60(47(2)44-53)50-17-26-58(27-18-50)65-40-37-63(38-41-65,39-42-65)56-22-13-48(14-23-56)54-21-30-61(66-45-54)51-9-5-3-6-10-51/h3-30,43-45H,31-42H2,1-2H3. The van der Waals surface area contributed by atoms with Crippen LogP contribution in [0.4, 0.5) is 0 Å². The number of fused-ring (bicyclic) bond motifs is 6. The topological polar surface area (TPSA) is 12.9 Å². The second-order valence-electron chi connectivity index (χ2n) is 21.1. The van der Waals surface area contributed by atoms with Gasteiger partial charge in [0.25, 0.3) is 0 Å². The van der Waals surface area contributed by atoms with Gasteiger partial charge in [-0.1, -0.05) is 176 Å². The molecule has 0 aliphatic heterocycles. The van der Waals surface area contributed by atoms with E-state index in [1.807, 2.05) is 12.3 Å². The van der Waals surface area contributed by atoms with Gasteiger partial charge in [-0.3, -0.25) is 4.98 Å². The van der Waals surface area contributed by atoms with E-state index >= 15 is 0 Å². The summed E-state index contributed by atoms with van der Waals surface area (Å²) >= 11 is 0. The van der Waals surface area contributed by atoms with Gasteiger partial charge in [0.05, 0.1) is 5.69 Å². The van der Waals surface area contributed by atoms with E-state index in [1.165, 1.54) is 138 Å². The molecule has 4 bridgehead atoms. The number of nitrogens with zero attached hydrogens (tertiary/aromatic N) is 1. The lowest BCUT2D eigenvalue weighted by molar-refractivity contribution is 0.102. The molecule has 66 heavy (non-hydrogen) atoms. The third-order valence-electron chi connectivity index (χ3n) is 17.9. The first-order chi connectivity index (χ1) is 32.3. The Hall–Kier alpha value is -6.31. The van der Waals surface area contributed by atoms with Crippen molar-refractivity contribution in [3.8, 4) is 55.8 Å². The van der Waals surface area contributed by atoms with Gasteiger partial charge in [-0.2, -0.15) is 0 Å². The van der Waals surface area contributed by atoms with Gasteiger partial charge in [0.2, 0.25) is 0 Å². The molecule has 8 aromatic rings. The van der Waals surface area contributed by atoms with Crippen LogP contribution in [-0.2, 0) is 21.7 Å². The van der Waals surface area contributed by atoms with Crippen molar-refractivity contribution in [3.05, 3.63) is 222 Å². The molecule has 6 aliphatic rings. The maximum absolute atomic E-state index is 4.79. The third kappa shape index (κ3) is 7.09. The molecule has 326 valence electrons. The van der Waals surface area contributed by atoms with Gasteiger partial charge in [-0.15, -0.1) is 0 Å². The maximum Gasteiger partial charge on any atom is 0.0702 e. The summed E-state index contributed by atoms with van der Waals surface area (Å²) in [5.74, 6) is 0. The molecule has 0 radical (unpaired) electrons. The summed E-state index contributed by atoms with van der Waals surface area (Å²) in [6, 6.07) is 69.1. The Kier molecular flexibility index (Phi) is 10.1. The van der Waals surface area contributed by atoms with Gasteiger partial charge in [0.15, 0.2) is 0 Å². The molecule has 14 rings (SSSR count). The van der Waals surface area contributed by atoms with Crippen molar-refractivity contribution in [1.82, 2.24) is 4.98 Å². The molecule has 1 aromatic heterocycles. The van der Waals surface area contributed by atoms with Gasteiger partial charge in [-0.25, -0.2) is 0 Å². The van der Waals surface area contributed by atoms with Gasteiger partial charge < -0.3 is 0 Å². The molecule has 1 heteroatoms. The van der Waals surface area contributed by atoms with Crippen molar-refractivity contribution in [2.75, 3.05) is 0 Å². The second-order valence-corrected chi connectivity index (χ2v) is 21.1. The average molecular weight is 856 g/mol. The Labute approximate surface area is 393 Å². The molecule has 1 nitrogen and oxygen atoms in total. The van der Waals surface area contributed by atoms with Crippen LogP contribution in [0, 0.1) is 13.8 Å². The van der Waals surface area contributed by atoms with Crippen LogP contribution in [0.1, 0.15) is 110 Å². The number of hydrogen-bond acceptors (Lipinski definition) is 1. The van der Waals surface area contributed by atoms with Crippen LogP contribution >= 0.6 is 0 Å². The fraction of sp³-hybridized carbons (Fsp3) is 0.277. The Morgan fingerprint density at radius 2 is 0.621 bits per heavy atom. The van der Waals surface area contributed by atoms with E-state index in [9.17, 15) is 0 Å². The minimum absolute atomic E-state index is 0.304. The highest BCUT2D eigenvalue weighted by Crippen LogP contribution is 2.60. The van der Waals surface area contributed by atoms with Crippen LogP contribution in [0.25, 0.3) is 55.8 Å². The summed E-state index contributed by atoms with van der Waals surface area (Å²) in [4.78, 5) is 4.79. The van der Waals surface area contributed by atoms with Crippen LogP contribution in [-0.4, -0.2) is 4.98 Å². The first kappa shape index (κ1) is 41.1. The van der Waals surface area contributed by atoms with Crippen molar-refractivity contribution in [1.29, 1.82) is 0 Å². The molecular formula is C65H61N. The van der Waals surface area contributed by atoms with Gasteiger partial charge in [0, 0.05) is 17.3 Å². The fourth-order valence-electron chi connectivity index (χ4n) is 13.6. The molecule has 0 unspecified atom stereocenters. The second kappa shape index (κ2) is 16.2. The highest BCUT2D eigenvalue weighted by molar-refractivity contribution is 5.77. The molecule has 0 atom stereocenters. The van der Waals surface area contributed by atoms with E-state index in [2.05, 4.69) is 190 Å². The molecular weight excluding hydrogens is 795 g/mol. The van der Waals surface area contributed by atoms with Gasteiger partial charge >= 0.3 is 0 Å². The first-order valence-electron chi connectivity index (χ1n) is 24.9. The van der Waals surface area contributed by atoms with Crippen molar-refractivity contribution in [3.63, 3.8) is 0 Å². The normalized spacial score (nSPS) is 24.3. The smallest absolute Gasteiger partial charge is 0.0702 e. The molecule has 0 amide bonds. The zero-order chi connectivity index (χ0) is 44.4. The molecule has 1 heterocycles. The molecule has 6 saturated carbocycles. The summed E-state index contributed by atoms with van der Waals surface area (Å²) in [6.45, 7) is 4.56. The van der Waals surface area contributed by atoms with Crippen LogP contribution in [0.2, 0.25) is 0 Å². The number of hydrogen-bond donors (Lipinski definition) is 0. The van der Waals surface area contributed by atoms with Crippen LogP contribution in [0.3, 0.4) is 0 Å². The largest absolute Gasteiger partial charge is 0.256 e. The molecule has 6 fully saturated rings. The number of rotatable bonds is 9. The Bertz CT molecular complexity index is 2960. The summed E-state index contributed by atoms with van der Waals surface area (Å²) in [7, 11) is 0. The zero-order valence-electron chi connectivity index (χ0n) is 38.8. The monoisotopic (exact) mass is 855 g/mol. The summed E-state index contributed by atoms with van der Waals surface area (Å²) in [6.07, 6.45) is 17.5. The van der Waals surface area contributed by atoms with E-state index in [-0.39, 0.29) is 0 Å². The Morgan fingerprint density at radius 3 is 0.985 bits per heavy atom. The van der Waals surface area contributed by atoms with Crippen molar-refractivity contribution in [2.45, 2.75) is 113 Å². The minimum atomic E-state index is 0.304. The fourth-order valence-corrected chi connectivity index (χ4v) is 13.6. The van der Waals surface area contributed by atoms with Gasteiger partial charge in [0.1, 0.15) is 0 Å². The lowest BCUT2D eigenvalue weighted by Gasteiger charge is -2.54. The van der Waals surface area contributed by atoms with Crippen molar-refractivity contribution in [2.24, 2.45) is 0 Å². The molecule has 6 aliphatic carbocycles. The van der Waals surface area contributed by atoms with Gasteiger partial charge in [-0.05, 0) is 191 Å². The zero-order valence-corrected chi connectivity index (χ0v) is 38.8. The summed E-state index contributed by atoms with van der Waals surface area (Å²) in [5.41, 5.74) is 22.7. The quantitative estimate of drug-likeness (QED) is 0.141. The Balaban J connectivity index is 0.688. The number of pyridine rings is 1. The average Bonchev–Trinajstić information content (AvgIpc) is 3.40. The SMILES string of the molecule is Cc1cc(-c2ccc(-c3ccc(C45CCC(c6ccc(-c7ccc(-c8ccccc8)nc7)cc6)(CC4)CC5)cc3)c(C)c2)ccc1-c1ccc(C23CCC(c4ccccc4)(CC2)CC3)cc1. The first-order valence-corrected chi connectivity index (χ1v) is 24.9.